The van der Waals surface area contributed by atoms with Gasteiger partial charge in [-0.05, 0) is 110 Å². The molecule has 1 aromatic heterocycles. The molecule has 10 nitrogen and oxygen atoms in total. The fourth-order valence-electron chi connectivity index (χ4n) is 10.0. The topological polar surface area (TPSA) is 123 Å². The summed E-state index contributed by atoms with van der Waals surface area (Å²) in [5, 5.41) is 13.1. The molecule has 0 radical (unpaired) electrons. The quantitative estimate of drug-likeness (QED) is 0.389. The molecule has 46 heavy (non-hydrogen) atoms. The average Bonchev–Trinajstić information content (AvgIpc) is 3.68. The Morgan fingerprint density at radius 1 is 1.13 bits per heavy atom. The van der Waals surface area contributed by atoms with E-state index in [1.807, 2.05) is 6.07 Å². The lowest BCUT2D eigenvalue weighted by Crippen LogP contribution is -2.73. The zero-order valence-electron chi connectivity index (χ0n) is 25.6. The van der Waals surface area contributed by atoms with Crippen molar-refractivity contribution in [3.05, 3.63) is 35.0 Å². The van der Waals surface area contributed by atoms with Gasteiger partial charge in [-0.25, -0.2) is 9.78 Å². The van der Waals surface area contributed by atoms with Gasteiger partial charge in [0.1, 0.15) is 16.9 Å². The van der Waals surface area contributed by atoms with E-state index in [4.69, 9.17) is 14.2 Å². The molecule has 13 heteroatoms. The summed E-state index contributed by atoms with van der Waals surface area (Å²) in [5.41, 5.74) is -2.54. The molecule has 1 amide bonds. The molecule has 246 valence electrons. The van der Waals surface area contributed by atoms with Crippen molar-refractivity contribution in [2.75, 3.05) is 38.4 Å². The first kappa shape index (κ1) is 29.8. The number of fused-ring (bicyclic) bond motifs is 2. The largest absolute Gasteiger partial charge is 0.494 e. The fourth-order valence-corrected chi connectivity index (χ4v) is 10.0. The summed E-state index contributed by atoms with van der Waals surface area (Å²) in [4.78, 5) is 36.3. The molecular weight excluding hydrogens is 605 g/mol. The number of carbonyl (C=O) groups is 2. The van der Waals surface area contributed by atoms with Gasteiger partial charge in [-0.2, -0.15) is 18.2 Å². The summed E-state index contributed by atoms with van der Waals surface area (Å²) in [5.74, 6) is -1.64. The number of halogens is 3. The molecule has 1 spiro atoms. The number of aliphatic carboxylic acids is 1. The van der Waals surface area contributed by atoms with Crippen LogP contribution in [-0.4, -0.2) is 66.0 Å². The molecule has 2 bridgehead atoms. The lowest BCUT2D eigenvalue weighted by Gasteiger charge is -2.69. The van der Waals surface area contributed by atoms with Crippen LogP contribution in [0.2, 0.25) is 0 Å². The van der Waals surface area contributed by atoms with Crippen molar-refractivity contribution in [2.24, 2.45) is 35.0 Å². The van der Waals surface area contributed by atoms with Gasteiger partial charge in [-0.15, -0.1) is 0 Å². The van der Waals surface area contributed by atoms with Gasteiger partial charge in [-0.1, -0.05) is 0 Å². The number of alkyl halides is 3. The Kier molecular flexibility index (Phi) is 6.76. The molecule has 2 aliphatic heterocycles. The summed E-state index contributed by atoms with van der Waals surface area (Å²) in [6, 6.07) is 5.45. The summed E-state index contributed by atoms with van der Waals surface area (Å²) in [6.45, 7) is 2.44. The van der Waals surface area contributed by atoms with Crippen molar-refractivity contribution < 1.29 is 42.1 Å². The van der Waals surface area contributed by atoms with E-state index in [1.165, 1.54) is 0 Å². The number of aromatic nitrogens is 2. The minimum atomic E-state index is -5.03. The monoisotopic (exact) mass is 642 g/mol. The highest BCUT2D eigenvalue weighted by Crippen LogP contribution is 2.83. The van der Waals surface area contributed by atoms with Crippen molar-refractivity contribution in [1.82, 2.24) is 15.3 Å². The maximum atomic E-state index is 14.6. The number of nitrogens with zero attached hydrogens (tertiary/aromatic N) is 3. The van der Waals surface area contributed by atoms with Gasteiger partial charge in [0.15, 0.2) is 5.69 Å². The molecule has 2 N–H and O–H groups in total. The van der Waals surface area contributed by atoms with Gasteiger partial charge in [-0.3, -0.25) is 4.79 Å². The van der Waals surface area contributed by atoms with Gasteiger partial charge >= 0.3 is 12.1 Å². The summed E-state index contributed by atoms with van der Waals surface area (Å²) < 4.78 is 60.6. The third-order valence-corrected chi connectivity index (χ3v) is 12.2. The Balaban J connectivity index is 1.06. The van der Waals surface area contributed by atoms with Crippen LogP contribution in [0.1, 0.15) is 66.6 Å². The van der Waals surface area contributed by atoms with E-state index in [0.29, 0.717) is 68.0 Å². The van der Waals surface area contributed by atoms with Gasteiger partial charge < -0.3 is 29.5 Å². The molecule has 6 aliphatic rings. The lowest BCUT2D eigenvalue weighted by atomic mass is 9.36. The molecule has 6 atom stereocenters. The number of rotatable bonds is 9. The lowest BCUT2D eigenvalue weighted by molar-refractivity contribution is -0.209. The number of carboxylic acids is 1. The number of hydrogen-bond donors (Lipinski definition) is 2. The maximum Gasteiger partial charge on any atom is 0.434 e. The van der Waals surface area contributed by atoms with Gasteiger partial charge in [0.05, 0.1) is 13.7 Å². The van der Waals surface area contributed by atoms with E-state index < -0.39 is 40.7 Å². The Labute approximate surface area is 264 Å². The first-order valence-corrected chi connectivity index (χ1v) is 16.3. The van der Waals surface area contributed by atoms with E-state index in [9.17, 15) is 27.9 Å². The summed E-state index contributed by atoms with van der Waals surface area (Å²) in [7, 11) is 1.14. The van der Waals surface area contributed by atoms with Crippen LogP contribution in [0.5, 0.6) is 11.6 Å². The van der Waals surface area contributed by atoms with E-state index in [-0.39, 0.29) is 23.2 Å². The smallest absolute Gasteiger partial charge is 0.434 e. The molecule has 1 saturated heterocycles. The normalized spacial score (nSPS) is 32.3. The van der Waals surface area contributed by atoms with Gasteiger partial charge in [0.2, 0.25) is 11.8 Å². The number of methoxy groups -OCH3 is 1. The Bertz CT molecular complexity index is 1600. The summed E-state index contributed by atoms with van der Waals surface area (Å²) in [6.07, 6.45) is 1.56. The van der Waals surface area contributed by atoms with Crippen LogP contribution in [0, 0.1) is 35.0 Å². The maximum absolute atomic E-state index is 14.6. The minimum absolute atomic E-state index is 0.105. The SMILES string of the molecule is COc1nc(N2CCc3cc(OCCC4CCOCC4)ccc32)nc(C(F)(F)F)c1C(=O)NC1(C(=O)O)C2CC3CC4CC1C34C2. The highest BCUT2D eigenvalue weighted by molar-refractivity contribution is 6.01. The molecule has 1 aromatic carbocycles. The third-order valence-electron chi connectivity index (χ3n) is 12.2. The van der Waals surface area contributed by atoms with Crippen molar-refractivity contribution >= 4 is 23.5 Å². The molecule has 4 saturated carbocycles. The molecular formula is C33H37F3N4O6. The zero-order chi connectivity index (χ0) is 32.0. The molecule has 5 fully saturated rings. The van der Waals surface area contributed by atoms with Crippen LogP contribution in [0.4, 0.5) is 24.8 Å². The molecule has 8 rings (SSSR count). The fraction of sp³-hybridized carbons (Fsp3) is 0.636. The first-order valence-electron chi connectivity index (χ1n) is 16.3. The molecule has 4 aliphatic carbocycles. The van der Waals surface area contributed by atoms with Gasteiger partial charge in [0.25, 0.3) is 5.91 Å². The van der Waals surface area contributed by atoms with E-state index in [1.54, 1.807) is 17.0 Å². The van der Waals surface area contributed by atoms with Crippen molar-refractivity contribution in [1.29, 1.82) is 0 Å². The highest BCUT2D eigenvalue weighted by atomic mass is 19.4. The number of anilines is 2. The van der Waals surface area contributed by atoms with Crippen LogP contribution in [-0.2, 0) is 22.1 Å². The number of amides is 1. The molecule has 3 heterocycles. The number of carboxylic acid groups (broad SMARTS) is 1. The van der Waals surface area contributed by atoms with Crippen LogP contribution in [0.15, 0.2) is 18.2 Å². The predicted molar refractivity (Wildman–Crippen MR) is 157 cm³/mol. The number of benzene rings is 1. The molecule has 2 aromatic rings. The number of nitrogens with one attached hydrogen (secondary N) is 1. The van der Waals surface area contributed by atoms with Gasteiger partial charge in [0, 0.05) is 25.4 Å². The van der Waals surface area contributed by atoms with Crippen LogP contribution < -0.4 is 19.7 Å². The average molecular weight is 643 g/mol. The first-order chi connectivity index (χ1) is 22.1. The van der Waals surface area contributed by atoms with Crippen molar-refractivity contribution in [3.63, 3.8) is 0 Å². The number of hydrogen-bond acceptors (Lipinski definition) is 8. The Morgan fingerprint density at radius 3 is 2.59 bits per heavy atom. The van der Waals surface area contributed by atoms with E-state index >= 15 is 0 Å². The van der Waals surface area contributed by atoms with Crippen LogP contribution in [0.25, 0.3) is 0 Å². The number of carbonyl (C=O) groups excluding carboxylic acids is 1. The van der Waals surface area contributed by atoms with Crippen molar-refractivity contribution in [3.8, 4) is 11.6 Å². The summed E-state index contributed by atoms with van der Waals surface area (Å²) >= 11 is 0. The predicted octanol–water partition coefficient (Wildman–Crippen LogP) is 5.01. The second-order valence-electron chi connectivity index (χ2n) is 13.9. The van der Waals surface area contributed by atoms with Crippen molar-refractivity contribution in [2.45, 2.75) is 63.1 Å². The van der Waals surface area contributed by atoms with E-state index in [0.717, 1.165) is 51.6 Å². The highest BCUT2D eigenvalue weighted by Gasteiger charge is 2.83. The second-order valence-corrected chi connectivity index (χ2v) is 13.9. The zero-order valence-corrected chi connectivity index (χ0v) is 25.6. The van der Waals surface area contributed by atoms with E-state index in [2.05, 4.69) is 15.3 Å². The minimum Gasteiger partial charge on any atom is -0.494 e. The van der Waals surface area contributed by atoms with Crippen LogP contribution >= 0.6 is 0 Å². The molecule has 6 unspecified atom stereocenters. The Hall–Kier alpha value is -3.61. The Morgan fingerprint density at radius 2 is 1.89 bits per heavy atom. The standard InChI is InChI=1S/C33H37F3N4O6/c1-44-28-25(27(41)39-32(29(42)43)21-14-19-13-20-15-24(32)31(19,20)16-21)26(33(34,35)36)37-30(38-28)40-8-4-18-12-22(2-3-23(18)40)46-11-7-17-5-9-45-10-6-17/h2-3,12,17,19-21,24H,4-11,13-16H2,1H3,(H,39,41)(H,42,43). The third kappa shape index (κ3) is 4.18. The number of ether oxygens (including phenoxy) is 3. The second kappa shape index (κ2) is 10.4. The van der Waals surface area contributed by atoms with Crippen LogP contribution in [0.3, 0.4) is 0 Å².